The van der Waals surface area contributed by atoms with E-state index in [1.807, 2.05) is 24.3 Å². The zero-order valence-corrected chi connectivity index (χ0v) is 16.6. The highest BCUT2D eigenvalue weighted by Gasteiger charge is 2.33. The van der Waals surface area contributed by atoms with Crippen molar-refractivity contribution < 1.29 is 9.53 Å². The van der Waals surface area contributed by atoms with E-state index in [1.165, 1.54) is 22.1 Å². The van der Waals surface area contributed by atoms with Crippen molar-refractivity contribution in [1.82, 2.24) is 25.1 Å². The predicted octanol–water partition coefficient (Wildman–Crippen LogP) is 2.28. The van der Waals surface area contributed by atoms with Crippen molar-refractivity contribution in [3.05, 3.63) is 76.3 Å². The Hall–Kier alpha value is -3.43. The lowest BCUT2D eigenvalue weighted by molar-refractivity contribution is 0.0925. The zero-order chi connectivity index (χ0) is 20.5. The number of thiazole rings is 1. The van der Waals surface area contributed by atoms with E-state index >= 15 is 0 Å². The summed E-state index contributed by atoms with van der Waals surface area (Å²) in [6.07, 6.45) is 3.35. The van der Waals surface area contributed by atoms with Gasteiger partial charge in [-0.25, -0.2) is 9.67 Å². The fraction of sp³-hybridized carbons (Fsp3) is 0.190. The molecule has 1 saturated heterocycles. The molecule has 0 spiro atoms. The molecule has 1 aliphatic heterocycles. The van der Waals surface area contributed by atoms with Crippen molar-refractivity contribution in [1.29, 1.82) is 0 Å². The lowest BCUT2D eigenvalue weighted by atomic mass is 10.1. The van der Waals surface area contributed by atoms with Crippen LogP contribution in [0.3, 0.4) is 0 Å². The van der Waals surface area contributed by atoms with E-state index in [-0.39, 0.29) is 17.5 Å². The van der Waals surface area contributed by atoms with E-state index in [0.717, 1.165) is 15.8 Å². The highest BCUT2D eigenvalue weighted by molar-refractivity contribution is 7.16. The summed E-state index contributed by atoms with van der Waals surface area (Å²) in [5, 5.41) is 7.52. The molecule has 0 bridgehead atoms. The summed E-state index contributed by atoms with van der Waals surface area (Å²) in [6, 6.07) is 11.5. The largest absolute Gasteiger partial charge is 0.377 e. The number of nitrogens with one attached hydrogen (secondary N) is 1. The predicted molar refractivity (Wildman–Crippen MR) is 112 cm³/mol. The first kappa shape index (κ1) is 18.6. The van der Waals surface area contributed by atoms with Crippen LogP contribution < -0.4 is 10.9 Å². The maximum absolute atomic E-state index is 12.8. The number of ether oxygens (including phenoxy) is 1. The summed E-state index contributed by atoms with van der Waals surface area (Å²) in [4.78, 5) is 33.6. The number of pyridine rings is 1. The van der Waals surface area contributed by atoms with Gasteiger partial charge in [0.05, 0.1) is 40.7 Å². The first-order valence-electron chi connectivity index (χ1n) is 9.41. The highest BCUT2D eigenvalue weighted by Crippen LogP contribution is 2.22. The van der Waals surface area contributed by atoms with Crippen LogP contribution >= 0.6 is 11.3 Å². The molecule has 0 saturated carbocycles. The van der Waals surface area contributed by atoms with Crippen LogP contribution in [0.15, 0.2) is 65.2 Å². The highest BCUT2D eigenvalue weighted by atomic mass is 32.1. The Morgan fingerprint density at radius 1 is 1.13 bits per heavy atom. The van der Waals surface area contributed by atoms with Crippen molar-refractivity contribution >= 4 is 27.5 Å². The van der Waals surface area contributed by atoms with Gasteiger partial charge in [0, 0.05) is 29.6 Å². The zero-order valence-electron chi connectivity index (χ0n) is 15.8. The number of carbonyl (C=O) groups is 1. The number of benzene rings is 1. The smallest absolute Gasteiger partial charge is 0.267 e. The van der Waals surface area contributed by atoms with Crippen LogP contribution in [-0.2, 0) is 4.74 Å². The van der Waals surface area contributed by atoms with Crippen LogP contribution in [0, 0.1) is 0 Å². The molecule has 5 rings (SSSR count). The number of aromatic nitrogens is 4. The van der Waals surface area contributed by atoms with Gasteiger partial charge >= 0.3 is 0 Å². The molecule has 0 aliphatic carbocycles. The van der Waals surface area contributed by atoms with Gasteiger partial charge in [-0.05, 0) is 36.4 Å². The maximum Gasteiger partial charge on any atom is 0.267 e. The summed E-state index contributed by atoms with van der Waals surface area (Å²) < 4.78 is 7.94. The van der Waals surface area contributed by atoms with Crippen LogP contribution in [0.25, 0.3) is 21.5 Å². The summed E-state index contributed by atoms with van der Waals surface area (Å²) >= 11 is 1.48. The molecule has 1 amide bonds. The lowest BCUT2D eigenvalue weighted by Gasteiger charge is -2.20. The minimum Gasteiger partial charge on any atom is -0.377 e. The monoisotopic (exact) mass is 419 g/mol. The molecule has 150 valence electrons. The van der Waals surface area contributed by atoms with Gasteiger partial charge in [-0.15, -0.1) is 11.3 Å². The van der Waals surface area contributed by atoms with Crippen LogP contribution in [-0.4, -0.2) is 44.9 Å². The van der Waals surface area contributed by atoms with E-state index in [2.05, 4.69) is 20.4 Å². The summed E-state index contributed by atoms with van der Waals surface area (Å²) in [6.45, 7) is 0.609. The fourth-order valence-electron chi connectivity index (χ4n) is 3.51. The number of carbonyl (C=O) groups excluding carboxylic acids is 1. The molecule has 0 radical (unpaired) electrons. The van der Waals surface area contributed by atoms with Crippen molar-refractivity contribution in [2.75, 3.05) is 13.2 Å². The van der Waals surface area contributed by atoms with Gasteiger partial charge in [0.1, 0.15) is 6.04 Å². The van der Waals surface area contributed by atoms with Crippen molar-refractivity contribution in [2.24, 2.45) is 0 Å². The van der Waals surface area contributed by atoms with E-state index in [1.54, 1.807) is 30.0 Å². The molecule has 2 unspecified atom stereocenters. The molecule has 9 heteroatoms. The normalized spacial score (nSPS) is 18.5. The Morgan fingerprint density at radius 3 is 2.87 bits per heavy atom. The molecule has 1 N–H and O–H groups in total. The van der Waals surface area contributed by atoms with Crippen molar-refractivity contribution in [2.45, 2.75) is 12.1 Å². The lowest BCUT2D eigenvalue weighted by Crippen LogP contribution is -2.44. The standard InChI is InChI=1S/C21H17N5O3S/c27-20-4-3-15(13-5-7-22-8-6-13)25-26(20)18-11-29-10-17(18)24-21(28)14-1-2-16-19(9-14)30-12-23-16/h1-9,12,17-18H,10-11H2,(H,24,28). The summed E-state index contributed by atoms with van der Waals surface area (Å²) in [5.74, 6) is -0.218. The second kappa shape index (κ2) is 7.77. The quantitative estimate of drug-likeness (QED) is 0.545. The molecule has 1 aliphatic rings. The molecular formula is C21H17N5O3S. The van der Waals surface area contributed by atoms with Gasteiger partial charge in [0.25, 0.3) is 11.5 Å². The summed E-state index contributed by atoms with van der Waals surface area (Å²) in [7, 11) is 0. The topological polar surface area (TPSA) is 99.0 Å². The van der Waals surface area contributed by atoms with Crippen molar-refractivity contribution in [3.63, 3.8) is 0 Å². The average Bonchev–Trinajstić information content (AvgIpc) is 3.43. The molecule has 2 atom stereocenters. The molecule has 3 aromatic heterocycles. The average molecular weight is 419 g/mol. The summed E-state index contributed by atoms with van der Waals surface area (Å²) in [5.41, 5.74) is 4.43. The molecule has 4 heterocycles. The first-order chi connectivity index (χ1) is 14.7. The van der Waals surface area contributed by atoms with Crippen LogP contribution in [0.4, 0.5) is 0 Å². The minimum atomic E-state index is -0.393. The number of hydrogen-bond donors (Lipinski definition) is 1. The van der Waals surface area contributed by atoms with Gasteiger partial charge in [-0.1, -0.05) is 0 Å². The maximum atomic E-state index is 12.8. The van der Waals surface area contributed by atoms with E-state index in [0.29, 0.717) is 24.5 Å². The molecular weight excluding hydrogens is 402 g/mol. The van der Waals surface area contributed by atoms with Crippen LogP contribution in [0.1, 0.15) is 16.4 Å². The third-order valence-electron chi connectivity index (χ3n) is 5.08. The first-order valence-corrected chi connectivity index (χ1v) is 10.3. The fourth-order valence-corrected chi connectivity index (χ4v) is 4.23. The second-order valence-electron chi connectivity index (χ2n) is 6.96. The van der Waals surface area contributed by atoms with Crippen LogP contribution in [0.5, 0.6) is 0 Å². The molecule has 8 nitrogen and oxygen atoms in total. The van der Waals surface area contributed by atoms with Gasteiger partial charge in [0.2, 0.25) is 0 Å². The Morgan fingerprint density at radius 2 is 2.00 bits per heavy atom. The number of fused-ring (bicyclic) bond motifs is 1. The molecule has 4 aromatic rings. The molecule has 1 aromatic carbocycles. The SMILES string of the molecule is O=C(NC1COCC1n1nc(-c2ccncc2)ccc1=O)c1ccc2ncsc2c1. The Balaban J connectivity index is 1.41. The number of rotatable bonds is 4. The van der Waals surface area contributed by atoms with E-state index in [9.17, 15) is 9.59 Å². The van der Waals surface area contributed by atoms with Crippen LogP contribution in [0.2, 0.25) is 0 Å². The Bertz CT molecular complexity index is 1270. The van der Waals surface area contributed by atoms with Crippen molar-refractivity contribution in [3.8, 4) is 11.3 Å². The van der Waals surface area contributed by atoms with Gasteiger partial charge in [-0.3, -0.25) is 14.6 Å². The third-order valence-corrected chi connectivity index (χ3v) is 5.87. The third kappa shape index (κ3) is 3.49. The second-order valence-corrected chi connectivity index (χ2v) is 7.84. The minimum absolute atomic E-state index is 0.218. The number of hydrogen-bond acceptors (Lipinski definition) is 7. The molecule has 30 heavy (non-hydrogen) atoms. The van der Waals surface area contributed by atoms with E-state index < -0.39 is 6.04 Å². The van der Waals surface area contributed by atoms with Gasteiger partial charge in [0.15, 0.2) is 0 Å². The Kier molecular flexibility index (Phi) is 4.82. The van der Waals surface area contributed by atoms with Gasteiger partial charge in [-0.2, -0.15) is 5.10 Å². The number of amides is 1. The number of nitrogens with zero attached hydrogens (tertiary/aromatic N) is 4. The van der Waals surface area contributed by atoms with E-state index in [4.69, 9.17) is 4.74 Å². The molecule has 1 fully saturated rings. The van der Waals surface area contributed by atoms with Gasteiger partial charge < -0.3 is 10.1 Å². The Labute approximate surface area is 175 Å².